The van der Waals surface area contributed by atoms with Gasteiger partial charge in [-0.15, -0.1) is 11.3 Å². The smallest absolute Gasteiger partial charge is 0.236 e. The Balaban J connectivity index is 1.33. The van der Waals surface area contributed by atoms with Crippen molar-refractivity contribution in [3.05, 3.63) is 144 Å². The molecule has 0 bridgehead atoms. The van der Waals surface area contributed by atoms with Crippen LogP contribution in [0.3, 0.4) is 0 Å². The SMILES string of the molecule is [2H]C([2H])([2H])c1cccc2c1ccc1cc3c(cc12)sc1c(-c2[nH]c4ccccc4[n+]2-c2c(C(C)C)cc(-c4ccccc4)cc2C(C)C)cccc13. The Morgan fingerprint density at radius 3 is 2.12 bits per heavy atom. The molecular formula is C46H39N2S+. The molecule has 9 rings (SSSR count). The molecule has 0 saturated heterocycles. The Labute approximate surface area is 295 Å². The third-order valence-electron chi connectivity index (χ3n) is 10.1. The zero-order chi connectivity index (χ0) is 35.9. The highest BCUT2D eigenvalue weighted by molar-refractivity contribution is 7.26. The van der Waals surface area contributed by atoms with Gasteiger partial charge in [0.05, 0.1) is 10.3 Å². The molecule has 0 aliphatic heterocycles. The number of aromatic amines is 1. The third-order valence-corrected chi connectivity index (χ3v) is 11.3. The molecule has 2 nitrogen and oxygen atoms in total. The predicted molar refractivity (Wildman–Crippen MR) is 212 cm³/mol. The van der Waals surface area contributed by atoms with Crippen LogP contribution in [0.4, 0.5) is 0 Å². The van der Waals surface area contributed by atoms with Crippen LogP contribution >= 0.6 is 11.3 Å². The quantitative estimate of drug-likeness (QED) is 0.141. The lowest BCUT2D eigenvalue weighted by Crippen LogP contribution is -2.35. The molecule has 7 aromatic carbocycles. The molecular weight excluding hydrogens is 613 g/mol. The van der Waals surface area contributed by atoms with E-state index in [1.165, 1.54) is 48.1 Å². The molecule has 0 amide bonds. The van der Waals surface area contributed by atoms with Crippen molar-refractivity contribution in [1.82, 2.24) is 4.98 Å². The predicted octanol–water partition coefficient (Wildman–Crippen LogP) is 13.0. The van der Waals surface area contributed by atoms with Crippen molar-refractivity contribution < 1.29 is 8.68 Å². The van der Waals surface area contributed by atoms with E-state index in [1.54, 1.807) is 17.4 Å². The number of rotatable bonds is 5. The Kier molecular flexibility index (Phi) is 6.22. The van der Waals surface area contributed by atoms with E-state index in [9.17, 15) is 0 Å². The van der Waals surface area contributed by atoms with Crippen molar-refractivity contribution in [3.63, 3.8) is 0 Å². The Morgan fingerprint density at radius 2 is 1.35 bits per heavy atom. The van der Waals surface area contributed by atoms with Gasteiger partial charge in [-0.2, -0.15) is 4.57 Å². The summed E-state index contributed by atoms with van der Waals surface area (Å²) in [5, 5.41) is 6.37. The lowest BCUT2D eigenvalue weighted by Gasteiger charge is -2.20. The fraction of sp³-hybridized carbons (Fsp3) is 0.152. The molecule has 0 radical (unpaired) electrons. The molecule has 0 fully saturated rings. The zero-order valence-electron chi connectivity index (χ0n) is 31.1. The minimum absolute atomic E-state index is 0.290. The summed E-state index contributed by atoms with van der Waals surface area (Å²) in [4.78, 5) is 3.89. The largest absolute Gasteiger partial charge is 0.294 e. The molecule has 0 saturated carbocycles. The van der Waals surface area contributed by atoms with E-state index in [0.717, 1.165) is 44.0 Å². The van der Waals surface area contributed by atoms with Crippen LogP contribution in [0.2, 0.25) is 0 Å². The summed E-state index contributed by atoms with van der Waals surface area (Å²) < 4.78 is 29.3. The summed E-state index contributed by atoms with van der Waals surface area (Å²) >= 11 is 1.81. The first-order valence-electron chi connectivity index (χ1n) is 18.7. The standard InChI is InChI=1S/C46H38N2S/c1-27(2)37-24-32(30-14-7-6-8-15-30)25-38(28(3)4)44(37)48-42-20-10-9-19-41(42)47-46(48)36-18-12-17-35-40-23-31-21-22-33-29(5)13-11-16-34(33)39(31)26-43(40)49-45(35)36/h6-28H,1-5H3/p+1/i5D3. The maximum Gasteiger partial charge on any atom is 0.294 e. The zero-order valence-corrected chi connectivity index (χ0v) is 29.0. The number of hydrogen-bond acceptors (Lipinski definition) is 1. The normalized spacial score (nSPS) is 13.3. The highest BCUT2D eigenvalue weighted by atomic mass is 32.1. The Morgan fingerprint density at radius 1 is 0.612 bits per heavy atom. The minimum Gasteiger partial charge on any atom is -0.236 e. The molecule has 9 aromatic rings. The molecule has 0 unspecified atom stereocenters. The van der Waals surface area contributed by atoms with Crippen molar-refractivity contribution in [2.75, 3.05) is 0 Å². The van der Waals surface area contributed by atoms with Gasteiger partial charge in [0.1, 0.15) is 5.69 Å². The maximum atomic E-state index is 8.15. The van der Waals surface area contributed by atoms with Gasteiger partial charge in [0.2, 0.25) is 0 Å². The van der Waals surface area contributed by atoms with E-state index in [0.29, 0.717) is 17.4 Å². The van der Waals surface area contributed by atoms with Crippen LogP contribution in [-0.4, -0.2) is 4.98 Å². The van der Waals surface area contributed by atoms with E-state index in [-0.39, 0.29) is 0 Å². The second-order valence-corrected chi connectivity index (χ2v) is 14.9. The molecule has 2 heterocycles. The Hall–Kier alpha value is -5.25. The summed E-state index contributed by atoms with van der Waals surface area (Å²) in [7, 11) is 0. The first kappa shape index (κ1) is 26.7. The summed E-state index contributed by atoms with van der Waals surface area (Å²) in [6, 6.07) is 45.0. The molecule has 0 spiro atoms. The number of nitrogens with zero attached hydrogens (tertiary/aromatic N) is 1. The second kappa shape index (κ2) is 11.4. The third kappa shape index (κ3) is 4.71. The van der Waals surface area contributed by atoms with E-state index in [4.69, 9.17) is 4.11 Å². The van der Waals surface area contributed by atoms with Crippen molar-refractivity contribution in [3.8, 4) is 28.2 Å². The fourth-order valence-corrected chi connectivity index (χ4v) is 8.92. The minimum atomic E-state index is -2.18. The summed E-state index contributed by atoms with van der Waals surface area (Å²) in [5.41, 5.74) is 10.2. The first-order valence-corrected chi connectivity index (χ1v) is 18.0. The van der Waals surface area contributed by atoms with Crippen LogP contribution in [0.15, 0.2) is 127 Å². The average Bonchev–Trinajstić information content (AvgIpc) is 3.71. The van der Waals surface area contributed by atoms with Crippen molar-refractivity contribution >= 4 is 64.1 Å². The molecule has 1 N–H and O–H groups in total. The monoisotopic (exact) mass is 654 g/mol. The van der Waals surface area contributed by atoms with Crippen molar-refractivity contribution in [1.29, 1.82) is 0 Å². The van der Waals surface area contributed by atoms with Gasteiger partial charge in [-0.3, -0.25) is 0 Å². The number of benzene rings is 7. The average molecular weight is 655 g/mol. The van der Waals surface area contributed by atoms with Gasteiger partial charge >= 0.3 is 0 Å². The van der Waals surface area contributed by atoms with Gasteiger partial charge in [0.15, 0.2) is 11.0 Å². The second-order valence-electron chi connectivity index (χ2n) is 13.8. The van der Waals surface area contributed by atoms with Gasteiger partial charge in [-0.05, 0) is 99.4 Å². The number of aryl methyl sites for hydroxylation is 1. The highest BCUT2D eigenvalue weighted by Gasteiger charge is 2.30. The number of fused-ring (bicyclic) bond motifs is 7. The van der Waals surface area contributed by atoms with E-state index in [1.807, 2.05) is 18.2 Å². The topological polar surface area (TPSA) is 19.7 Å². The van der Waals surface area contributed by atoms with Gasteiger partial charge in [-0.1, -0.05) is 113 Å². The maximum absolute atomic E-state index is 8.15. The number of H-pyrrole nitrogens is 1. The fourth-order valence-electron chi connectivity index (χ4n) is 7.68. The number of aromatic nitrogens is 2. The first-order chi connectivity index (χ1) is 25.1. The van der Waals surface area contributed by atoms with Crippen LogP contribution in [0.25, 0.3) is 81.0 Å². The summed E-state index contributed by atoms with van der Waals surface area (Å²) in [6.07, 6.45) is 0. The van der Waals surface area contributed by atoms with Gasteiger partial charge in [0, 0.05) is 30.7 Å². The molecule has 238 valence electrons. The van der Waals surface area contributed by atoms with E-state index in [2.05, 4.69) is 140 Å². The van der Waals surface area contributed by atoms with Gasteiger partial charge < -0.3 is 0 Å². The van der Waals surface area contributed by atoms with Gasteiger partial charge in [0.25, 0.3) is 5.82 Å². The summed E-state index contributed by atoms with van der Waals surface area (Å²) in [5.74, 6) is 1.64. The number of nitrogens with one attached hydrogen (secondary N) is 1. The Bertz CT molecular complexity index is 2810. The number of para-hydroxylation sites is 2. The van der Waals surface area contributed by atoms with Crippen LogP contribution in [0.5, 0.6) is 0 Å². The van der Waals surface area contributed by atoms with Crippen LogP contribution < -0.4 is 4.57 Å². The summed E-state index contributed by atoms with van der Waals surface area (Å²) in [6.45, 7) is 7.03. The molecule has 0 aliphatic carbocycles. The molecule has 3 heteroatoms. The molecule has 2 aromatic heterocycles. The molecule has 49 heavy (non-hydrogen) atoms. The number of thiophene rings is 1. The lowest BCUT2D eigenvalue weighted by atomic mass is 9.88. The van der Waals surface area contributed by atoms with Crippen molar-refractivity contribution in [2.24, 2.45) is 0 Å². The molecule has 0 atom stereocenters. The van der Waals surface area contributed by atoms with Crippen LogP contribution in [0, 0.1) is 6.85 Å². The van der Waals surface area contributed by atoms with E-state index >= 15 is 0 Å². The van der Waals surface area contributed by atoms with Gasteiger partial charge in [-0.25, -0.2) is 4.98 Å². The van der Waals surface area contributed by atoms with Crippen LogP contribution in [-0.2, 0) is 0 Å². The van der Waals surface area contributed by atoms with E-state index < -0.39 is 6.85 Å². The molecule has 0 aliphatic rings. The van der Waals surface area contributed by atoms with Crippen molar-refractivity contribution in [2.45, 2.75) is 46.4 Å². The number of hydrogen-bond donors (Lipinski definition) is 1. The lowest BCUT2D eigenvalue weighted by molar-refractivity contribution is -0.556. The number of imidazole rings is 1. The highest BCUT2D eigenvalue weighted by Crippen LogP contribution is 2.43. The van der Waals surface area contributed by atoms with Crippen LogP contribution in [0.1, 0.15) is 60.3 Å².